The highest BCUT2D eigenvalue weighted by Gasteiger charge is 2.13. The number of carbonyl (C=O) groups excluding carboxylic acids is 2. The topological polar surface area (TPSA) is 61.4 Å². The number of carbonyl (C=O) groups is 2. The normalized spacial score (nSPS) is 10.6. The number of aryl methyl sites for hydroxylation is 1. The van der Waals surface area contributed by atoms with Gasteiger partial charge in [-0.1, -0.05) is 24.3 Å². The maximum absolute atomic E-state index is 12.2. The zero-order valence-corrected chi connectivity index (χ0v) is 16.8. The van der Waals surface area contributed by atoms with E-state index in [1.54, 1.807) is 11.9 Å². The van der Waals surface area contributed by atoms with Gasteiger partial charge in [0, 0.05) is 9.26 Å². The van der Waals surface area contributed by atoms with Crippen molar-refractivity contribution in [3.8, 4) is 0 Å². The van der Waals surface area contributed by atoms with Crippen molar-refractivity contribution in [3.05, 3.63) is 57.2 Å². The number of anilines is 2. The third-order valence-electron chi connectivity index (χ3n) is 3.85. The molecule has 0 bridgehead atoms. The number of hydrogen-bond acceptors (Lipinski definition) is 3. The van der Waals surface area contributed by atoms with Crippen LogP contribution >= 0.6 is 22.6 Å². The average Bonchev–Trinajstić information content (AvgIpc) is 2.53. The molecule has 0 fully saturated rings. The fourth-order valence-corrected chi connectivity index (χ4v) is 2.90. The third-order valence-corrected chi connectivity index (χ3v) is 4.79. The molecule has 0 aliphatic carbocycles. The largest absolute Gasteiger partial charge is 0.325 e. The fourth-order valence-electron chi connectivity index (χ4n) is 2.37. The maximum atomic E-state index is 12.2. The molecule has 0 spiro atoms. The molecular weight excluding hydrogens is 429 g/mol. The van der Waals surface area contributed by atoms with Crippen LogP contribution in [0.5, 0.6) is 0 Å². The zero-order chi connectivity index (χ0) is 18.4. The molecule has 0 atom stereocenters. The van der Waals surface area contributed by atoms with Crippen LogP contribution < -0.4 is 10.6 Å². The van der Waals surface area contributed by atoms with Gasteiger partial charge in [-0.3, -0.25) is 14.5 Å². The van der Waals surface area contributed by atoms with E-state index < -0.39 is 0 Å². The van der Waals surface area contributed by atoms with E-state index in [4.69, 9.17) is 0 Å². The van der Waals surface area contributed by atoms with Crippen LogP contribution in [0.3, 0.4) is 0 Å². The fraction of sp³-hybridized carbons (Fsp3) is 0.263. The van der Waals surface area contributed by atoms with Crippen LogP contribution in [0.15, 0.2) is 42.5 Å². The van der Waals surface area contributed by atoms with Gasteiger partial charge >= 0.3 is 0 Å². The molecule has 2 amide bonds. The first-order valence-electron chi connectivity index (χ1n) is 7.96. The molecular formula is C19H22IN3O2. The summed E-state index contributed by atoms with van der Waals surface area (Å²) in [6.07, 6.45) is 0. The Kier molecular flexibility index (Phi) is 6.95. The Balaban J connectivity index is 1.86. The minimum Gasteiger partial charge on any atom is -0.325 e. The van der Waals surface area contributed by atoms with Gasteiger partial charge in [0.2, 0.25) is 11.8 Å². The molecule has 0 radical (unpaired) electrons. The van der Waals surface area contributed by atoms with Crippen molar-refractivity contribution < 1.29 is 9.59 Å². The minimum absolute atomic E-state index is 0.140. The first-order chi connectivity index (χ1) is 11.9. The van der Waals surface area contributed by atoms with Crippen LogP contribution in [0, 0.1) is 17.4 Å². The van der Waals surface area contributed by atoms with Gasteiger partial charge in [-0.25, -0.2) is 0 Å². The Labute approximate surface area is 161 Å². The quantitative estimate of drug-likeness (QED) is 0.662. The van der Waals surface area contributed by atoms with Crippen molar-refractivity contribution in [3.63, 3.8) is 0 Å². The van der Waals surface area contributed by atoms with E-state index in [1.807, 2.05) is 56.3 Å². The first kappa shape index (κ1) is 19.4. The molecule has 0 unspecified atom stereocenters. The van der Waals surface area contributed by atoms with Gasteiger partial charge in [-0.2, -0.15) is 0 Å². The van der Waals surface area contributed by atoms with Gasteiger partial charge in [-0.15, -0.1) is 0 Å². The lowest BCUT2D eigenvalue weighted by molar-refractivity contribution is -0.119. The molecule has 2 rings (SSSR count). The number of likely N-dealkylation sites (N-methyl/N-ethyl adjacent to an activating group) is 1. The van der Waals surface area contributed by atoms with Crippen molar-refractivity contribution in [1.82, 2.24) is 4.90 Å². The van der Waals surface area contributed by atoms with Crippen LogP contribution in [0.1, 0.15) is 11.1 Å². The van der Waals surface area contributed by atoms with Crippen LogP contribution in [0.25, 0.3) is 0 Å². The van der Waals surface area contributed by atoms with Crippen LogP contribution in [0.4, 0.5) is 11.4 Å². The predicted molar refractivity (Wildman–Crippen MR) is 110 cm³/mol. The lowest BCUT2D eigenvalue weighted by Crippen LogP contribution is -2.36. The summed E-state index contributed by atoms with van der Waals surface area (Å²) < 4.78 is 0.976. The summed E-state index contributed by atoms with van der Waals surface area (Å²) in [6.45, 7) is 4.27. The van der Waals surface area contributed by atoms with Gasteiger partial charge in [0.15, 0.2) is 0 Å². The average molecular weight is 451 g/mol. The summed E-state index contributed by atoms with van der Waals surface area (Å²) in [5.41, 5.74) is 3.76. The molecule has 25 heavy (non-hydrogen) atoms. The second-order valence-corrected chi connectivity index (χ2v) is 7.16. The van der Waals surface area contributed by atoms with Crippen LogP contribution in [-0.4, -0.2) is 36.9 Å². The Hall–Kier alpha value is -1.93. The number of para-hydroxylation sites is 1. The number of benzene rings is 2. The van der Waals surface area contributed by atoms with Gasteiger partial charge in [0.1, 0.15) is 0 Å². The Morgan fingerprint density at radius 2 is 1.48 bits per heavy atom. The molecule has 2 aromatic carbocycles. The highest BCUT2D eigenvalue weighted by Crippen LogP contribution is 2.18. The number of amides is 2. The number of nitrogens with one attached hydrogen (secondary N) is 2. The summed E-state index contributed by atoms with van der Waals surface area (Å²) in [5, 5.41) is 5.76. The minimum atomic E-state index is -0.147. The number of hydrogen-bond donors (Lipinski definition) is 2. The van der Waals surface area contributed by atoms with Gasteiger partial charge in [0.25, 0.3) is 0 Å². The lowest BCUT2D eigenvalue weighted by Gasteiger charge is -2.17. The standard InChI is InChI=1S/C19H22IN3O2/c1-13-7-6-10-16(14(13)2)21-18(24)11-23(3)12-19(25)22-17-9-5-4-8-15(17)20/h4-10H,11-12H2,1-3H3,(H,21,24)(H,22,25). The molecule has 6 heteroatoms. The summed E-state index contributed by atoms with van der Waals surface area (Å²) in [5.74, 6) is -0.288. The molecule has 0 aromatic heterocycles. The van der Waals surface area contributed by atoms with E-state index >= 15 is 0 Å². The molecule has 2 N–H and O–H groups in total. The molecule has 0 saturated heterocycles. The summed E-state index contributed by atoms with van der Waals surface area (Å²) in [4.78, 5) is 26.0. The van der Waals surface area contributed by atoms with Crippen LogP contribution in [-0.2, 0) is 9.59 Å². The molecule has 0 aliphatic heterocycles. The molecule has 0 saturated carbocycles. The highest BCUT2D eigenvalue weighted by atomic mass is 127. The van der Waals surface area contributed by atoms with E-state index in [0.717, 1.165) is 26.1 Å². The monoisotopic (exact) mass is 451 g/mol. The number of rotatable bonds is 6. The Bertz CT molecular complexity index is 777. The number of nitrogens with zero attached hydrogens (tertiary/aromatic N) is 1. The molecule has 5 nitrogen and oxygen atoms in total. The zero-order valence-electron chi connectivity index (χ0n) is 14.6. The van der Waals surface area contributed by atoms with E-state index in [-0.39, 0.29) is 24.9 Å². The van der Waals surface area contributed by atoms with Gasteiger partial charge in [-0.05, 0) is 72.8 Å². The second-order valence-electron chi connectivity index (χ2n) is 6.00. The summed E-state index contributed by atoms with van der Waals surface area (Å²) in [6, 6.07) is 13.4. The Morgan fingerprint density at radius 1 is 0.920 bits per heavy atom. The van der Waals surface area contributed by atoms with Crippen molar-refractivity contribution in [2.24, 2.45) is 0 Å². The number of halogens is 1. The van der Waals surface area contributed by atoms with E-state index in [9.17, 15) is 9.59 Å². The SMILES string of the molecule is Cc1cccc(NC(=O)CN(C)CC(=O)Nc2ccccc2I)c1C. The molecule has 2 aromatic rings. The Morgan fingerprint density at radius 3 is 2.12 bits per heavy atom. The highest BCUT2D eigenvalue weighted by molar-refractivity contribution is 14.1. The van der Waals surface area contributed by atoms with Gasteiger partial charge in [0.05, 0.1) is 18.8 Å². The van der Waals surface area contributed by atoms with Crippen molar-refractivity contribution in [1.29, 1.82) is 0 Å². The smallest absolute Gasteiger partial charge is 0.238 e. The summed E-state index contributed by atoms with van der Waals surface area (Å²) in [7, 11) is 1.75. The second kappa shape index (κ2) is 8.96. The van der Waals surface area contributed by atoms with Crippen molar-refractivity contribution in [2.45, 2.75) is 13.8 Å². The van der Waals surface area contributed by atoms with E-state index in [2.05, 4.69) is 33.2 Å². The van der Waals surface area contributed by atoms with Crippen LogP contribution in [0.2, 0.25) is 0 Å². The molecule has 132 valence electrons. The van der Waals surface area contributed by atoms with Crippen molar-refractivity contribution in [2.75, 3.05) is 30.8 Å². The maximum Gasteiger partial charge on any atom is 0.238 e. The van der Waals surface area contributed by atoms with E-state index in [1.165, 1.54) is 0 Å². The molecule has 0 heterocycles. The predicted octanol–water partition coefficient (Wildman–Crippen LogP) is 3.42. The van der Waals surface area contributed by atoms with Gasteiger partial charge < -0.3 is 10.6 Å². The van der Waals surface area contributed by atoms with E-state index in [0.29, 0.717) is 0 Å². The summed E-state index contributed by atoms with van der Waals surface area (Å²) >= 11 is 2.17. The third kappa shape index (κ3) is 5.82. The lowest BCUT2D eigenvalue weighted by atomic mass is 10.1. The first-order valence-corrected chi connectivity index (χ1v) is 9.03. The molecule has 0 aliphatic rings. The van der Waals surface area contributed by atoms with Crippen molar-refractivity contribution >= 4 is 45.8 Å².